The molecule has 0 bridgehead atoms. The molecule has 0 fully saturated rings. The Labute approximate surface area is 165 Å². The lowest BCUT2D eigenvalue weighted by Crippen LogP contribution is -2.47. The molecule has 0 aromatic heterocycles. The number of carbonyl (C=O) groups is 1. The summed E-state index contributed by atoms with van der Waals surface area (Å²) in [6.07, 6.45) is 1.01. The number of likely N-dealkylation sites (N-methyl/N-ethyl adjacent to an activating group) is 1. The molecule has 0 heterocycles. The molecule has 144 valence electrons. The van der Waals surface area contributed by atoms with Crippen molar-refractivity contribution in [2.75, 3.05) is 33.7 Å². The molecule has 1 amide bonds. The number of aliphatic imine (C=N–C) groups is 1. The standard InChI is InChI=1S/C17H37N5O.HI/c1-9-15(6)20-17(19-12-16(23)21(7)8)18-10-11-22(13(2)3)14(4)5;/h13-15H,9-12H2,1-8H3,(H2,18,19,20);1H. The number of carbonyl (C=O) groups excluding carboxylic acids is 1. The van der Waals surface area contributed by atoms with E-state index in [4.69, 9.17) is 0 Å². The molecule has 0 saturated carbocycles. The number of halogens is 1. The van der Waals surface area contributed by atoms with Gasteiger partial charge in [0.25, 0.3) is 0 Å². The minimum absolute atomic E-state index is 0. The lowest BCUT2D eigenvalue weighted by atomic mass is 10.2. The van der Waals surface area contributed by atoms with Gasteiger partial charge in [-0.15, -0.1) is 24.0 Å². The van der Waals surface area contributed by atoms with Crippen molar-refractivity contribution in [1.29, 1.82) is 0 Å². The minimum Gasteiger partial charge on any atom is -0.355 e. The van der Waals surface area contributed by atoms with Crippen LogP contribution in [0, 0.1) is 0 Å². The Kier molecular flexibility index (Phi) is 14.6. The van der Waals surface area contributed by atoms with Gasteiger partial charge < -0.3 is 15.5 Å². The molecular weight excluding hydrogens is 417 g/mol. The summed E-state index contributed by atoms with van der Waals surface area (Å²) < 4.78 is 0. The predicted octanol–water partition coefficient (Wildman–Crippen LogP) is 2.15. The van der Waals surface area contributed by atoms with Crippen LogP contribution in [0.15, 0.2) is 4.99 Å². The molecule has 0 spiro atoms. The fraction of sp³-hybridized carbons (Fsp3) is 0.882. The third kappa shape index (κ3) is 11.1. The number of guanidine groups is 1. The monoisotopic (exact) mass is 455 g/mol. The minimum atomic E-state index is 0. The molecule has 0 radical (unpaired) electrons. The van der Waals surface area contributed by atoms with Crippen molar-refractivity contribution in [1.82, 2.24) is 20.4 Å². The van der Waals surface area contributed by atoms with Gasteiger partial charge in [-0.3, -0.25) is 9.69 Å². The van der Waals surface area contributed by atoms with Crippen LogP contribution >= 0.6 is 24.0 Å². The van der Waals surface area contributed by atoms with Crippen molar-refractivity contribution in [3.05, 3.63) is 0 Å². The van der Waals surface area contributed by atoms with Crippen molar-refractivity contribution >= 4 is 35.8 Å². The molecule has 7 heteroatoms. The van der Waals surface area contributed by atoms with Crippen molar-refractivity contribution < 1.29 is 4.79 Å². The van der Waals surface area contributed by atoms with E-state index in [0.717, 1.165) is 19.5 Å². The van der Waals surface area contributed by atoms with Gasteiger partial charge in [-0.1, -0.05) is 6.92 Å². The molecule has 2 N–H and O–H groups in total. The van der Waals surface area contributed by atoms with E-state index in [2.05, 4.69) is 62.1 Å². The van der Waals surface area contributed by atoms with Gasteiger partial charge in [0.1, 0.15) is 6.54 Å². The summed E-state index contributed by atoms with van der Waals surface area (Å²) in [5, 5.41) is 6.69. The summed E-state index contributed by atoms with van der Waals surface area (Å²) in [5.74, 6) is 0.711. The Hall–Kier alpha value is -0.570. The third-order valence-electron chi connectivity index (χ3n) is 3.86. The fourth-order valence-electron chi connectivity index (χ4n) is 2.19. The molecule has 0 aliphatic heterocycles. The van der Waals surface area contributed by atoms with Crippen LogP contribution in [0.3, 0.4) is 0 Å². The van der Waals surface area contributed by atoms with Gasteiger partial charge in [0, 0.05) is 45.3 Å². The second-order valence-corrected chi connectivity index (χ2v) is 6.76. The smallest absolute Gasteiger partial charge is 0.243 e. The summed E-state index contributed by atoms with van der Waals surface area (Å²) in [6, 6.07) is 1.34. The van der Waals surface area contributed by atoms with Crippen molar-refractivity contribution in [3.8, 4) is 0 Å². The maximum absolute atomic E-state index is 11.7. The molecule has 0 aromatic rings. The first-order valence-electron chi connectivity index (χ1n) is 8.69. The van der Waals surface area contributed by atoms with Gasteiger partial charge in [-0.2, -0.15) is 0 Å². The van der Waals surface area contributed by atoms with Gasteiger partial charge in [-0.25, -0.2) is 4.99 Å². The first-order chi connectivity index (χ1) is 10.7. The zero-order valence-corrected chi connectivity index (χ0v) is 19.0. The van der Waals surface area contributed by atoms with Crippen molar-refractivity contribution in [2.45, 2.75) is 66.1 Å². The average molecular weight is 455 g/mol. The second kappa shape index (κ2) is 13.7. The van der Waals surface area contributed by atoms with Crippen LogP contribution in [0.25, 0.3) is 0 Å². The van der Waals surface area contributed by atoms with Crippen LogP contribution in [0.2, 0.25) is 0 Å². The van der Waals surface area contributed by atoms with Gasteiger partial charge >= 0.3 is 0 Å². The van der Waals surface area contributed by atoms with Crippen LogP contribution in [0.1, 0.15) is 48.0 Å². The topological polar surface area (TPSA) is 60.0 Å². The van der Waals surface area contributed by atoms with E-state index in [9.17, 15) is 4.79 Å². The highest BCUT2D eigenvalue weighted by molar-refractivity contribution is 14.0. The maximum atomic E-state index is 11.7. The molecule has 0 aliphatic rings. The Morgan fingerprint density at radius 3 is 2.04 bits per heavy atom. The molecule has 6 nitrogen and oxygen atoms in total. The second-order valence-electron chi connectivity index (χ2n) is 6.76. The molecule has 24 heavy (non-hydrogen) atoms. The van der Waals surface area contributed by atoms with Crippen molar-refractivity contribution in [3.63, 3.8) is 0 Å². The quantitative estimate of drug-likeness (QED) is 0.318. The van der Waals surface area contributed by atoms with E-state index in [1.807, 2.05) is 0 Å². The number of nitrogens with zero attached hydrogens (tertiary/aromatic N) is 3. The van der Waals surface area contributed by atoms with E-state index >= 15 is 0 Å². The van der Waals surface area contributed by atoms with E-state index in [-0.39, 0.29) is 36.4 Å². The molecule has 0 saturated heterocycles. The van der Waals surface area contributed by atoms with Crippen LogP contribution in [0.4, 0.5) is 0 Å². The maximum Gasteiger partial charge on any atom is 0.243 e. The normalized spacial score (nSPS) is 13.0. The molecule has 0 rings (SSSR count). The van der Waals surface area contributed by atoms with Crippen LogP contribution in [0.5, 0.6) is 0 Å². The zero-order chi connectivity index (χ0) is 18.0. The van der Waals surface area contributed by atoms with Gasteiger partial charge in [0.2, 0.25) is 5.91 Å². The van der Waals surface area contributed by atoms with E-state index < -0.39 is 0 Å². The molecule has 0 aliphatic carbocycles. The van der Waals surface area contributed by atoms with E-state index in [0.29, 0.717) is 24.1 Å². The SMILES string of the molecule is CCC(C)NC(=NCC(=O)N(C)C)NCCN(C(C)C)C(C)C.I. The fourth-order valence-corrected chi connectivity index (χ4v) is 2.19. The van der Waals surface area contributed by atoms with Crippen LogP contribution < -0.4 is 10.6 Å². The molecule has 1 atom stereocenters. The Morgan fingerprint density at radius 1 is 1.08 bits per heavy atom. The first-order valence-corrected chi connectivity index (χ1v) is 8.69. The number of nitrogens with one attached hydrogen (secondary N) is 2. The number of hydrogen-bond donors (Lipinski definition) is 2. The molecule has 0 aromatic carbocycles. The summed E-state index contributed by atoms with van der Waals surface area (Å²) in [6.45, 7) is 15.0. The lowest BCUT2D eigenvalue weighted by molar-refractivity contribution is -0.127. The van der Waals surface area contributed by atoms with Crippen LogP contribution in [-0.2, 0) is 4.79 Å². The summed E-state index contributed by atoms with van der Waals surface area (Å²) >= 11 is 0. The number of rotatable bonds is 9. The van der Waals surface area contributed by atoms with Crippen molar-refractivity contribution in [2.24, 2.45) is 4.99 Å². The lowest BCUT2D eigenvalue weighted by Gasteiger charge is -2.30. The summed E-state index contributed by atoms with van der Waals surface area (Å²) in [5.41, 5.74) is 0. The zero-order valence-electron chi connectivity index (χ0n) is 16.7. The highest BCUT2D eigenvalue weighted by Gasteiger charge is 2.13. The molecule has 1 unspecified atom stereocenters. The first kappa shape index (κ1) is 25.7. The highest BCUT2D eigenvalue weighted by Crippen LogP contribution is 2.03. The van der Waals surface area contributed by atoms with E-state index in [1.54, 1.807) is 19.0 Å². The largest absolute Gasteiger partial charge is 0.355 e. The number of amides is 1. The van der Waals surface area contributed by atoms with E-state index in [1.165, 1.54) is 0 Å². The van der Waals surface area contributed by atoms with Gasteiger partial charge in [-0.05, 0) is 41.0 Å². The Bertz CT molecular complexity index is 364. The Balaban J connectivity index is 0. The van der Waals surface area contributed by atoms with Crippen LogP contribution in [-0.4, -0.2) is 73.5 Å². The average Bonchev–Trinajstić information content (AvgIpc) is 2.46. The highest BCUT2D eigenvalue weighted by atomic mass is 127. The summed E-state index contributed by atoms with van der Waals surface area (Å²) in [4.78, 5) is 20.1. The predicted molar refractivity (Wildman–Crippen MR) is 114 cm³/mol. The number of hydrogen-bond acceptors (Lipinski definition) is 3. The Morgan fingerprint density at radius 2 is 1.62 bits per heavy atom. The third-order valence-corrected chi connectivity index (χ3v) is 3.86. The summed E-state index contributed by atoms with van der Waals surface area (Å²) in [7, 11) is 3.49. The van der Waals surface area contributed by atoms with Gasteiger partial charge in [0.05, 0.1) is 0 Å². The van der Waals surface area contributed by atoms with Gasteiger partial charge in [0.15, 0.2) is 5.96 Å². The molecular formula is C17H38IN5O.